The first-order chi connectivity index (χ1) is 11.8. The van der Waals surface area contributed by atoms with Crippen molar-refractivity contribution in [2.75, 3.05) is 13.2 Å². The van der Waals surface area contributed by atoms with Crippen LogP contribution < -0.4 is 5.32 Å². The second kappa shape index (κ2) is 11.8. The van der Waals surface area contributed by atoms with Gasteiger partial charge in [-0.15, -0.1) is 0 Å². The molecule has 0 heterocycles. The summed E-state index contributed by atoms with van der Waals surface area (Å²) in [5, 5.41) is 3.60. The molecule has 0 saturated carbocycles. The fourth-order valence-corrected chi connectivity index (χ4v) is 2.76. The maximum absolute atomic E-state index is 5.73. The molecule has 0 amide bonds. The maximum Gasteiger partial charge on any atom is 0.0506 e. The van der Waals surface area contributed by atoms with E-state index in [1.807, 2.05) is 0 Å². The van der Waals surface area contributed by atoms with Crippen LogP contribution in [0.1, 0.15) is 43.7 Å². The molecule has 0 spiro atoms. The molecule has 1 N–H and O–H groups in total. The molecular weight excluding hydrogens is 294 g/mol. The molecule has 0 aliphatic rings. The minimum atomic E-state index is 0.573. The molecule has 0 aliphatic carbocycles. The Kier molecular flexibility index (Phi) is 9.21. The second-order valence-corrected chi connectivity index (χ2v) is 6.46. The lowest BCUT2D eigenvalue weighted by molar-refractivity contribution is 0.132. The number of unbranched alkanes of at least 4 members (excludes halogenated alkanes) is 2. The van der Waals surface area contributed by atoms with Crippen LogP contribution in [0, 0.1) is 0 Å². The van der Waals surface area contributed by atoms with Gasteiger partial charge in [-0.2, -0.15) is 0 Å². The van der Waals surface area contributed by atoms with Crippen LogP contribution in [0.2, 0.25) is 0 Å². The third-order valence-corrected chi connectivity index (χ3v) is 4.30. The second-order valence-electron chi connectivity index (χ2n) is 6.46. The third-order valence-electron chi connectivity index (χ3n) is 4.30. The summed E-state index contributed by atoms with van der Waals surface area (Å²) in [6, 6.07) is 21.7. The molecule has 2 aromatic rings. The summed E-state index contributed by atoms with van der Waals surface area (Å²) < 4.78 is 5.73. The Labute approximate surface area is 147 Å². The number of hydrogen-bond acceptors (Lipinski definition) is 2. The van der Waals surface area contributed by atoms with Crippen LogP contribution in [0.15, 0.2) is 60.7 Å². The Morgan fingerprint density at radius 1 is 0.792 bits per heavy atom. The number of rotatable bonds is 12. The molecule has 130 valence electrons. The highest BCUT2D eigenvalue weighted by Gasteiger charge is 2.01. The predicted molar refractivity (Wildman–Crippen MR) is 102 cm³/mol. The van der Waals surface area contributed by atoms with E-state index in [2.05, 4.69) is 72.9 Å². The van der Waals surface area contributed by atoms with E-state index in [1.165, 1.54) is 36.8 Å². The number of benzene rings is 2. The van der Waals surface area contributed by atoms with E-state index in [4.69, 9.17) is 4.74 Å². The SMILES string of the molecule is CC(CCCCCOCCc1ccccc1)NCc1ccccc1. The molecule has 0 aromatic heterocycles. The molecule has 2 heteroatoms. The summed E-state index contributed by atoms with van der Waals surface area (Å²) in [4.78, 5) is 0. The zero-order valence-corrected chi connectivity index (χ0v) is 14.9. The molecule has 24 heavy (non-hydrogen) atoms. The van der Waals surface area contributed by atoms with Crippen LogP contribution in [-0.2, 0) is 17.7 Å². The van der Waals surface area contributed by atoms with Gasteiger partial charge in [0.1, 0.15) is 0 Å². The Morgan fingerprint density at radius 2 is 1.46 bits per heavy atom. The van der Waals surface area contributed by atoms with Crippen LogP contribution >= 0.6 is 0 Å². The third kappa shape index (κ3) is 8.28. The lowest BCUT2D eigenvalue weighted by Gasteiger charge is -2.13. The van der Waals surface area contributed by atoms with Gasteiger partial charge in [-0.3, -0.25) is 0 Å². The highest BCUT2D eigenvalue weighted by atomic mass is 16.5. The summed E-state index contributed by atoms with van der Waals surface area (Å²) in [7, 11) is 0. The van der Waals surface area contributed by atoms with Crippen molar-refractivity contribution in [2.45, 2.75) is 51.6 Å². The van der Waals surface area contributed by atoms with E-state index < -0.39 is 0 Å². The van der Waals surface area contributed by atoms with E-state index in [0.717, 1.165) is 26.2 Å². The number of nitrogens with one attached hydrogen (secondary N) is 1. The van der Waals surface area contributed by atoms with E-state index in [9.17, 15) is 0 Å². The average Bonchev–Trinajstić information content (AvgIpc) is 2.64. The van der Waals surface area contributed by atoms with Gasteiger partial charge in [0.05, 0.1) is 6.61 Å². The molecule has 0 fully saturated rings. The van der Waals surface area contributed by atoms with E-state index in [1.54, 1.807) is 0 Å². The van der Waals surface area contributed by atoms with Gasteiger partial charge in [0.25, 0.3) is 0 Å². The van der Waals surface area contributed by atoms with Gasteiger partial charge in [0.15, 0.2) is 0 Å². The zero-order valence-electron chi connectivity index (χ0n) is 14.9. The first-order valence-corrected chi connectivity index (χ1v) is 9.23. The van der Waals surface area contributed by atoms with Crippen molar-refractivity contribution < 1.29 is 4.74 Å². The van der Waals surface area contributed by atoms with Crippen LogP contribution in [-0.4, -0.2) is 19.3 Å². The molecule has 0 radical (unpaired) electrons. The minimum absolute atomic E-state index is 0.573. The van der Waals surface area contributed by atoms with Gasteiger partial charge in [-0.1, -0.05) is 73.5 Å². The molecular formula is C22H31NO. The van der Waals surface area contributed by atoms with Crippen LogP contribution in [0.5, 0.6) is 0 Å². The summed E-state index contributed by atoms with van der Waals surface area (Å²) in [5.41, 5.74) is 2.71. The largest absolute Gasteiger partial charge is 0.381 e. The van der Waals surface area contributed by atoms with Crippen molar-refractivity contribution in [3.63, 3.8) is 0 Å². The smallest absolute Gasteiger partial charge is 0.0506 e. The Bertz CT molecular complexity index is 526. The van der Waals surface area contributed by atoms with E-state index in [0.29, 0.717) is 6.04 Å². The van der Waals surface area contributed by atoms with Crippen molar-refractivity contribution in [3.05, 3.63) is 71.8 Å². The zero-order chi connectivity index (χ0) is 16.9. The summed E-state index contributed by atoms with van der Waals surface area (Å²) in [6.07, 6.45) is 5.94. The highest BCUT2D eigenvalue weighted by Crippen LogP contribution is 2.06. The summed E-state index contributed by atoms with van der Waals surface area (Å²) >= 11 is 0. The molecule has 2 nitrogen and oxygen atoms in total. The molecule has 1 unspecified atom stereocenters. The van der Waals surface area contributed by atoms with Crippen LogP contribution in [0.3, 0.4) is 0 Å². The standard InChI is InChI=1S/C22H31NO/c1-20(23-19-22-14-8-3-9-15-22)11-5-4-10-17-24-18-16-21-12-6-2-7-13-21/h2-3,6-9,12-15,20,23H,4-5,10-11,16-19H2,1H3. The fraction of sp³-hybridized carbons (Fsp3) is 0.455. The Balaban J connectivity index is 1.41. The fourth-order valence-electron chi connectivity index (χ4n) is 2.76. The van der Waals surface area contributed by atoms with Crippen LogP contribution in [0.25, 0.3) is 0 Å². The topological polar surface area (TPSA) is 21.3 Å². The highest BCUT2D eigenvalue weighted by molar-refractivity contribution is 5.15. The monoisotopic (exact) mass is 325 g/mol. The van der Waals surface area contributed by atoms with E-state index >= 15 is 0 Å². The van der Waals surface area contributed by atoms with Crippen LogP contribution in [0.4, 0.5) is 0 Å². The molecule has 0 aliphatic heterocycles. The Hall–Kier alpha value is -1.64. The summed E-state index contributed by atoms with van der Waals surface area (Å²) in [6.45, 7) is 4.96. The normalized spacial score (nSPS) is 12.2. The van der Waals surface area contributed by atoms with Gasteiger partial charge in [-0.05, 0) is 37.3 Å². The minimum Gasteiger partial charge on any atom is -0.381 e. The van der Waals surface area contributed by atoms with Gasteiger partial charge in [0.2, 0.25) is 0 Å². The van der Waals surface area contributed by atoms with Gasteiger partial charge in [-0.25, -0.2) is 0 Å². The summed E-state index contributed by atoms with van der Waals surface area (Å²) in [5.74, 6) is 0. The average molecular weight is 325 g/mol. The Morgan fingerprint density at radius 3 is 2.17 bits per heavy atom. The van der Waals surface area contributed by atoms with Gasteiger partial charge >= 0.3 is 0 Å². The molecule has 1 atom stereocenters. The van der Waals surface area contributed by atoms with E-state index in [-0.39, 0.29) is 0 Å². The number of hydrogen-bond donors (Lipinski definition) is 1. The quantitative estimate of drug-likeness (QED) is 0.555. The van der Waals surface area contributed by atoms with Crippen molar-refractivity contribution in [3.8, 4) is 0 Å². The predicted octanol–water partition coefficient (Wildman–Crippen LogP) is 4.98. The van der Waals surface area contributed by atoms with Gasteiger partial charge < -0.3 is 10.1 Å². The van der Waals surface area contributed by atoms with Crippen molar-refractivity contribution in [2.24, 2.45) is 0 Å². The van der Waals surface area contributed by atoms with Gasteiger partial charge in [0, 0.05) is 19.2 Å². The first-order valence-electron chi connectivity index (χ1n) is 9.23. The molecule has 0 bridgehead atoms. The lowest BCUT2D eigenvalue weighted by Crippen LogP contribution is -2.25. The number of ether oxygens (including phenoxy) is 1. The van der Waals surface area contributed by atoms with Crippen molar-refractivity contribution in [1.29, 1.82) is 0 Å². The molecule has 0 saturated heterocycles. The molecule has 2 aromatic carbocycles. The van der Waals surface area contributed by atoms with Crippen molar-refractivity contribution >= 4 is 0 Å². The maximum atomic E-state index is 5.73. The first kappa shape index (κ1) is 18.7. The lowest BCUT2D eigenvalue weighted by atomic mass is 10.1. The molecule has 2 rings (SSSR count). The van der Waals surface area contributed by atoms with Crippen molar-refractivity contribution in [1.82, 2.24) is 5.32 Å².